The van der Waals surface area contributed by atoms with Gasteiger partial charge in [-0.15, -0.1) is 0 Å². The third kappa shape index (κ3) is 3.47. The van der Waals surface area contributed by atoms with E-state index in [2.05, 4.69) is 13.0 Å². The number of carbonyl (C=O) groups is 2. The quantitative estimate of drug-likeness (QED) is 0.791. The molecule has 2 rings (SSSR count). The number of rotatable bonds is 4. The van der Waals surface area contributed by atoms with Crippen molar-refractivity contribution in [3.63, 3.8) is 0 Å². The Morgan fingerprint density at radius 2 is 1.85 bits per heavy atom. The normalized spacial score (nSPS) is 14.6. The SMILES string of the molecule is CCCCC(=O)c1ccc2c(c1)CCN(C(C)=O)CC2. The van der Waals surface area contributed by atoms with Crippen molar-refractivity contribution in [3.8, 4) is 0 Å². The lowest BCUT2D eigenvalue weighted by atomic mass is 9.97. The number of hydrogen-bond acceptors (Lipinski definition) is 2. The van der Waals surface area contributed by atoms with Crippen LogP contribution in [-0.2, 0) is 17.6 Å². The minimum Gasteiger partial charge on any atom is -0.342 e. The van der Waals surface area contributed by atoms with Gasteiger partial charge >= 0.3 is 0 Å². The van der Waals surface area contributed by atoms with Gasteiger partial charge in [-0.2, -0.15) is 0 Å². The van der Waals surface area contributed by atoms with Gasteiger partial charge in [0.15, 0.2) is 5.78 Å². The van der Waals surface area contributed by atoms with Gasteiger partial charge in [-0.1, -0.05) is 25.5 Å². The van der Waals surface area contributed by atoms with Crippen molar-refractivity contribution in [2.24, 2.45) is 0 Å². The highest BCUT2D eigenvalue weighted by molar-refractivity contribution is 5.96. The van der Waals surface area contributed by atoms with E-state index >= 15 is 0 Å². The van der Waals surface area contributed by atoms with Crippen molar-refractivity contribution in [3.05, 3.63) is 34.9 Å². The molecule has 0 aliphatic carbocycles. The van der Waals surface area contributed by atoms with Crippen molar-refractivity contribution >= 4 is 11.7 Å². The van der Waals surface area contributed by atoms with Gasteiger partial charge in [-0.3, -0.25) is 9.59 Å². The van der Waals surface area contributed by atoms with Crippen LogP contribution < -0.4 is 0 Å². The summed E-state index contributed by atoms with van der Waals surface area (Å²) in [5.74, 6) is 0.374. The molecule has 108 valence electrons. The van der Waals surface area contributed by atoms with E-state index in [0.717, 1.165) is 44.3 Å². The van der Waals surface area contributed by atoms with Crippen molar-refractivity contribution < 1.29 is 9.59 Å². The lowest BCUT2D eigenvalue weighted by Gasteiger charge is -2.17. The van der Waals surface area contributed by atoms with Crippen LogP contribution in [-0.4, -0.2) is 29.7 Å². The summed E-state index contributed by atoms with van der Waals surface area (Å²) >= 11 is 0. The van der Waals surface area contributed by atoms with Gasteiger partial charge in [-0.05, 0) is 36.5 Å². The molecule has 0 bridgehead atoms. The summed E-state index contributed by atoms with van der Waals surface area (Å²) in [5.41, 5.74) is 3.34. The summed E-state index contributed by atoms with van der Waals surface area (Å²) in [4.78, 5) is 25.4. The number of nitrogens with zero attached hydrogens (tertiary/aromatic N) is 1. The fraction of sp³-hybridized carbons (Fsp3) is 0.529. The molecule has 0 aromatic heterocycles. The smallest absolute Gasteiger partial charge is 0.219 e. The van der Waals surface area contributed by atoms with Crippen LogP contribution in [0.3, 0.4) is 0 Å². The van der Waals surface area contributed by atoms with Gasteiger partial charge < -0.3 is 4.90 Å². The number of carbonyl (C=O) groups excluding carboxylic acids is 2. The Kier molecular flexibility index (Phi) is 4.94. The molecule has 0 N–H and O–H groups in total. The first-order valence-corrected chi connectivity index (χ1v) is 7.52. The first-order valence-electron chi connectivity index (χ1n) is 7.52. The van der Waals surface area contributed by atoms with E-state index in [1.165, 1.54) is 11.1 Å². The number of fused-ring (bicyclic) bond motifs is 1. The zero-order chi connectivity index (χ0) is 14.5. The molecule has 1 aromatic rings. The molecule has 20 heavy (non-hydrogen) atoms. The van der Waals surface area contributed by atoms with Crippen molar-refractivity contribution in [2.45, 2.75) is 46.0 Å². The molecule has 1 aliphatic rings. The van der Waals surface area contributed by atoms with Crippen LogP contribution in [0.25, 0.3) is 0 Å². The molecular formula is C17H23NO2. The average molecular weight is 273 g/mol. The topological polar surface area (TPSA) is 37.4 Å². The molecule has 0 fully saturated rings. The molecule has 0 atom stereocenters. The zero-order valence-corrected chi connectivity index (χ0v) is 12.4. The lowest BCUT2D eigenvalue weighted by Crippen LogP contribution is -2.30. The molecule has 3 nitrogen and oxygen atoms in total. The van der Waals surface area contributed by atoms with Crippen LogP contribution in [0, 0.1) is 0 Å². The Morgan fingerprint density at radius 1 is 1.15 bits per heavy atom. The maximum atomic E-state index is 12.1. The standard InChI is InChI=1S/C17H23NO2/c1-3-4-5-17(20)16-7-6-14-8-10-18(13(2)19)11-9-15(14)12-16/h6-7,12H,3-5,8-11H2,1-2H3. The second kappa shape index (κ2) is 6.69. The van der Waals surface area contributed by atoms with E-state index in [1.807, 2.05) is 17.0 Å². The molecular weight excluding hydrogens is 250 g/mol. The van der Waals surface area contributed by atoms with E-state index < -0.39 is 0 Å². The highest BCUT2D eigenvalue weighted by Gasteiger charge is 2.17. The predicted molar refractivity (Wildman–Crippen MR) is 80.0 cm³/mol. The number of amides is 1. The van der Waals surface area contributed by atoms with Crippen molar-refractivity contribution in [1.82, 2.24) is 4.90 Å². The molecule has 1 heterocycles. The van der Waals surface area contributed by atoms with Gasteiger partial charge in [0.05, 0.1) is 0 Å². The highest BCUT2D eigenvalue weighted by Crippen LogP contribution is 2.19. The van der Waals surface area contributed by atoms with E-state index in [1.54, 1.807) is 6.92 Å². The van der Waals surface area contributed by atoms with E-state index in [9.17, 15) is 9.59 Å². The third-order valence-electron chi connectivity index (χ3n) is 4.03. The summed E-state index contributed by atoms with van der Waals surface area (Å²) < 4.78 is 0. The van der Waals surface area contributed by atoms with Crippen LogP contribution in [0.2, 0.25) is 0 Å². The summed E-state index contributed by atoms with van der Waals surface area (Å²) in [6, 6.07) is 6.05. The van der Waals surface area contributed by atoms with Crippen LogP contribution >= 0.6 is 0 Å². The van der Waals surface area contributed by atoms with Gasteiger partial charge in [0.25, 0.3) is 0 Å². The minimum absolute atomic E-state index is 0.136. The first kappa shape index (κ1) is 14.8. The van der Waals surface area contributed by atoms with Crippen LogP contribution in [0.4, 0.5) is 0 Å². The molecule has 0 unspecified atom stereocenters. The number of Topliss-reactive ketones (excluding diaryl/α,β-unsaturated/α-hetero) is 1. The summed E-state index contributed by atoms with van der Waals surface area (Å²) in [5, 5.41) is 0. The minimum atomic E-state index is 0.136. The van der Waals surface area contributed by atoms with Gasteiger partial charge in [0, 0.05) is 32.0 Å². The number of ketones is 1. The molecule has 1 aromatic carbocycles. The summed E-state index contributed by atoms with van der Waals surface area (Å²) in [6.45, 7) is 5.26. The Hall–Kier alpha value is -1.64. The molecule has 1 amide bonds. The fourth-order valence-corrected chi connectivity index (χ4v) is 2.70. The Labute approximate surface area is 121 Å². The summed E-state index contributed by atoms with van der Waals surface area (Å²) in [7, 11) is 0. The number of unbranched alkanes of at least 4 members (excludes halogenated alkanes) is 1. The fourth-order valence-electron chi connectivity index (χ4n) is 2.70. The van der Waals surface area contributed by atoms with Gasteiger partial charge in [0.2, 0.25) is 5.91 Å². The summed E-state index contributed by atoms with van der Waals surface area (Å²) in [6.07, 6.45) is 4.37. The van der Waals surface area contributed by atoms with E-state index in [0.29, 0.717) is 6.42 Å². The maximum Gasteiger partial charge on any atom is 0.219 e. The number of hydrogen-bond donors (Lipinski definition) is 0. The van der Waals surface area contributed by atoms with Gasteiger partial charge in [0.1, 0.15) is 0 Å². The molecule has 0 radical (unpaired) electrons. The van der Waals surface area contributed by atoms with Crippen molar-refractivity contribution in [1.29, 1.82) is 0 Å². The van der Waals surface area contributed by atoms with E-state index in [-0.39, 0.29) is 11.7 Å². The third-order valence-corrected chi connectivity index (χ3v) is 4.03. The average Bonchev–Trinajstić information content (AvgIpc) is 2.66. The number of benzene rings is 1. The lowest BCUT2D eigenvalue weighted by molar-refractivity contribution is -0.128. The molecule has 3 heteroatoms. The van der Waals surface area contributed by atoms with Crippen LogP contribution in [0.1, 0.15) is 54.6 Å². The zero-order valence-electron chi connectivity index (χ0n) is 12.4. The first-order chi connectivity index (χ1) is 9.61. The Balaban J connectivity index is 2.13. The highest BCUT2D eigenvalue weighted by atomic mass is 16.2. The molecule has 1 aliphatic heterocycles. The van der Waals surface area contributed by atoms with Crippen LogP contribution in [0.15, 0.2) is 18.2 Å². The molecule has 0 saturated heterocycles. The van der Waals surface area contributed by atoms with Gasteiger partial charge in [-0.25, -0.2) is 0 Å². The maximum absolute atomic E-state index is 12.1. The predicted octanol–water partition coefficient (Wildman–Crippen LogP) is 3.01. The molecule has 0 saturated carbocycles. The second-order valence-corrected chi connectivity index (χ2v) is 5.52. The Bertz CT molecular complexity index is 508. The monoisotopic (exact) mass is 273 g/mol. The van der Waals surface area contributed by atoms with E-state index in [4.69, 9.17) is 0 Å². The van der Waals surface area contributed by atoms with Crippen molar-refractivity contribution in [2.75, 3.05) is 13.1 Å². The molecule has 0 spiro atoms. The largest absolute Gasteiger partial charge is 0.342 e. The second-order valence-electron chi connectivity index (χ2n) is 5.52. The Morgan fingerprint density at radius 3 is 2.50 bits per heavy atom. The van der Waals surface area contributed by atoms with Crippen LogP contribution in [0.5, 0.6) is 0 Å².